The molecule has 0 amide bonds. The summed E-state index contributed by atoms with van der Waals surface area (Å²) in [6.07, 6.45) is 1.68. The Morgan fingerprint density at radius 1 is 1.25 bits per heavy atom. The molecule has 82 valence electrons. The predicted molar refractivity (Wildman–Crippen MR) is 62.3 cm³/mol. The van der Waals surface area contributed by atoms with E-state index in [2.05, 4.69) is 26.1 Å². The first-order chi connectivity index (χ1) is 7.75. The zero-order valence-corrected chi connectivity index (χ0v) is 9.74. The predicted octanol–water partition coefficient (Wildman–Crippen LogP) is 2.15. The van der Waals surface area contributed by atoms with Gasteiger partial charge in [-0.05, 0) is 12.1 Å². The summed E-state index contributed by atoms with van der Waals surface area (Å²) in [5.41, 5.74) is 7.54. The molecule has 0 radical (unpaired) electrons. The Labute approximate surface area is 99.7 Å². The van der Waals surface area contributed by atoms with Gasteiger partial charge in [0.1, 0.15) is 5.82 Å². The molecule has 1 aromatic carbocycles. The van der Waals surface area contributed by atoms with Crippen molar-refractivity contribution < 1.29 is 9.47 Å². The van der Waals surface area contributed by atoms with Crippen LogP contribution < -0.4 is 15.2 Å². The molecule has 5 nitrogen and oxygen atoms in total. The Morgan fingerprint density at radius 3 is 2.69 bits per heavy atom. The number of nitrogens with zero attached hydrogens (tertiary/aromatic N) is 1. The van der Waals surface area contributed by atoms with Crippen molar-refractivity contribution in [3.05, 3.63) is 22.8 Å². The van der Waals surface area contributed by atoms with E-state index in [1.807, 2.05) is 12.1 Å². The third-order valence-electron chi connectivity index (χ3n) is 2.42. The number of halogens is 1. The van der Waals surface area contributed by atoms with E-state index in [4.69, 9.17) is 15.2 Å². The second-order valence-electron chi connectivity index (χ2n) is 3.38. The molecule has 0 saturated carbocycles. The summed E-state index contributed by atoms with van der Waals surface area (Å²) in [6, 6.07) is 3.75. The first-order valence-corrected chi connectivity index (χ1v) is 5.43. The lowest BCUT2D eigenvalue weighted by molar-refractivity contribution is 0.174. The SMILES string of the molecule is Nc1[nH]ncc1-c1cc2c(cc1Br)OCO2. The minimum Gasteiger partial charge on any atom is -0.454 e. The second kappa shape index (κ2) is 3.41. The largest absolute Gasteiger partial charge is 0.454 e. The third kappa shape index (κ3) is 1.34. The average Bonchev–Trinajstić information content (AvgIpc) is 2.85. The van der Waals surface area contributed by atoms with Crippen LogP contribution in [-0.4, -0.2) is 17.0 Å². The third-order valence-corrected chi connectivity index (χ3v) is 3.08. The Kier molecular flexibility index (Phi) is 2.03. The van der Waals surface area contributed by atoms with E-state index in [9.17, 15) is 0 Å². The maximum absolute atomic E-state index is 5.78. The minimum absolute atomic E-state index is 0.256. The highest BCUT2D eigenvalue weighted by atomic mass is 79.9. The van der Waals surface area contributed by atoms with Crippen LogP contribution in [-0.2, 0) is 0 Å². The maximum atomic E-state index is 5.78. The van der Waals surface area contributed by atoms with Crippen molar-refractivity contribution in [1.29, 1.82) is 0 Å². The van der Waals surface area contributed by atoms with Gasteiger partial charge in [-0.25, -0.2) is 0 Å². The number of hydrogen-bond donors (Lipinski definition) is 2. The van der Waals surface area contributed by atoms with E-state index in [1.165, 1.54) is 0 Å². The first-order valence-electron chi connectivity index (χ1n) is 4.64. The quantitative estimate of drug-likeness (QED) is 0.840. The zero-order valence-electron chi connectivity index (χ0n) is 8.16. The Balaban J connectivity index is 2.18. The van der Waals surface area contributed by atoms with Gasteiger partial charge in [-0.1, -0.05) is 15.9 Å². The number of nitrogen functional groups attached to an aromatic ring is 1. The number of anilines is 1. The van der Waals surface area contributed by atoms with Crippen LogP contribution in [0.25, 0.3) is 11.1 Å². The van der Waals surface area contributed by atoms with Gasteiger partial charge in [0.05, 0.1) is 6.20 Å². The molecule has 0 spiro atoms. The van der Waals surface area contributed by atoms with Crippen molar-refractivity contribution in [3.8, 4) is 22.6 Å². The maximum Gasteiger partial charge on any atom is 0.231 e. The van der Waals surface area contributed by atoms with E-state index in [0.29, 0.717) is 5.82 Å². The standard InChI is InChI=1S/C10H8BrN3O2/c11-7-2-9-8(15-4-16-9)1-5(7)6-3-13-14-10(6)12/h1-3H,4H2,(H3,12,13,14). The van der Waals surface area contributed by atoms with Gasteiger partial charge in [0, 0.05) is 15.6 Å². The lowest BCUT2D eigenvalue weighted by Crippen LogP contribution is -1.92. The highest BCUT2D eigenvalue weighted by Crippen LogP contribution is 2.41. The van der Waals surface area contributed by atoms with Gasteiger partial charge in [0.15, 0.2) is 11.5 Å². The van der Waals surface area contributed by atoms with Gasteiger partial charge in [-0.3, -0.25) is 5.10 Å². The average molecular weight is 282 g/mol. The number of aromatic amines is 1. The summed E-state index contributed by atoms with van der Waals surface area (Å²) < 4.78 is 11.5. The fourth-order valence-electron chi connectivity index (χ4n) is 1.63. The summed E-state index contributed by atoms with van der Waals surface area (Å²) in [6.45, 7) is 0.256. The van der Waals surface area contributed by atoms with Crippen LogP contribution in [0.1, 0.15) is 0 Å². The molecule has 2 aromatic rings. The van der Waals surface area contributed by atoms with Gasteiger partial charge < -0.3 is 15.2 Å². The normalized spacial score (nSPS) is 13.1. The van der Waals surface area contributed by atoms with Crippen LogP contribution in [0.3, 0.4) is 0 Å². The van der Waals surface area contributed by atoms with Crippen LogP contribution in [0.2, 0.25) is 0 Å². The number of ether oxygens (including phenoxy) is 2. The van der Waals surface area contributed by atoms with Crippen molar-refractivity contribution in [2.45, 2.75) is 0 Å². The van der Waals surface area contributed by atoms with Gasteiger partial charge in [0.25, 0.3) is 0 Å². The van der Waals surface area contributed by atoms with Crippen LogP contribution >= 0.6 is 15.9 Å². The summed E-state index contributed by atoms with van der Waals surface area (Å²) in [7, 11) is 0. The molecule has 0 atom stereocenters. The number of aromatic nitrogens is 2. The highest BCUT2D eigenvalue weighted by molar-refractivity contribution is 9.10. The van der Waals surface area contributed by atoms with Crippen LogP contribution in [0, 0.1) is 0 Å². The molecule has 1 aliphatic rings. The fourth-order valence-corrected chi connectivity index (χ4v) is 2.17. The Morgan fingerprint density at radius 2 is 2.00 bits per heavy atom. The van der Waals surface area contributed by atoms with Crippen molar-refractivity contribution in [2.75, 3.05) is 12.5 Å². The van der Waals surface area contributed by atoms with E-state index < -0.39 is 0 Å². The lowest BCUT2D eigenvalue weighted by atomic mass is 10.1. The van der Waals surface area contributed by atoms with E-state index >= 15 is 0 Å². The molecule has 0 fully saturated rings. The van der Waals surface area contributed by atoms with E-state index in [-0.39, 0.29) is 6.79 Å². The highest BCUT2D eigenvalue weighted by Gasteiger charge is 2.18. The van der Waals surface area contributed by atoms with Crippen molar-refractivity contribution in [2.24, 2.45) is 0 Å². The molecule has 1 aliphatic heterocycles. The van der Waals surface area contributed by atoms with E-state index in [0.717, 1.165) is 27.1 Å². The minimum atomic E-state index is 0.256. The second-order valence-corrected chi connectivity index (χ2v) is 4.24. The lowest BCUT2D eigenvalue weighted by Gasteiger charge is -2.04. The Hall–Kier alpha value is -1.69. The summed E-state index contributed by atoms with van der Waals surface area (Å²) in [5.74, 6) is 1.98. The number of benzene rings is 1. The first kappa shape index (κ1) is 9.53. The molecule has 0 bridgehead atoms. The number of hydrogen-bond acceptors (Lipinski definition) is 4. The molecule has 2 heterocycles. The fraction of sp³-hybridized carbons (Fsp3) is 0.100. The number of nitrogens with two attached hydrogens (primary N) is 1. The van der Waals surface area contributed by atoms with Gasteiger partial charge >= 0.3 is 0 Å². The molecule has 0 saturated heterocycles. The topological polar surface area (TPSA) is 73.2 Å². The van der Waals surface area contributed by atoms with Crippen LogP contribution in [0.15, 0.2) is 22.8 Å². The smallest absolute Gasteiger partial charge is 0.231 e. The monoisotopic (exact) mass is 281 g/mol. The van der Waals surface area contributed by atoms with Crippen LogP contribution in [0.5, 0.6) is 11.5 Å². The summed E-state index contributed by atoms with van der Waals surface area (Å²) >= 11 is 3.47. The number of nitrogens with one attached hydrogen (secondary N) is 1. The molecule has 6 heteroatoms. The van der Waals surface area contributed by atoms with Crippen molar-refractivity contribution >= 4 is 21.7 Å². The molecular formula is C10H8BrN3O2. The van der Waals surface area contributed by atoms with Crippen LogP contribution in [0.4, 0.5) is 5.82 Å². The molecule has 0 unspecified atom stereocenters. The molecule has 1 aromatic heterocycles. The molecule has 3 N–H and O–H groups in total. The molecule has 3 rings (SSSR count). The van der Waals surface area contributed by atoms with E-state index in [1.54, 1.807) is 6.20 Å². The summed E-state index contributed by atoms with van der Waals surface area (Å²) in [5, 5.41) is 6.59. The molecule has 0 aliphatic carbocycles. The van der Waals surface area contributed by atoms with Gasteiger partial charge in [-0.2, -0.15) is 5.10 Å². The van der Waals surface area contributed by atoms with Gasteiger partial charge in [-0.15, -0.1) is 0 Å². The van der Waals surface area contributed by atoms with Crippen molar-refractivity contribution in [1.82, 2.24) is 10.2 Å². The van der Waals surface area contributed by atoms with Gasteiger partial charge in [0.2, 0.25) is 6.79 Å². The Bertz CT molecular complexity index is 553. The molecular weight excluding hydrogens is 274 g/mol. The number of fused-ring (bicyclic) bond motifs is 1. The summed E-state index contributed by atoms with van der Waals surface area (Å²) in [4.78, 5) is 0. The zero-order chi connectivity index (χ0) is 11.1. The number of rotatable bonds is 1. The molecule has 16 heavy (non-hydrogen) atoms. The van der Waals surface area contributed by atoms with Crippen molar-refractivity contribution in [3.63, 3.8) is 0 Å². The number of H-pyrrole nitrogens is 1.